The molecule has 0 radical (unpaired) electrons. The van der Waals surface area contributed by atoms with Gasteiger partial charge in [-0.15, -0.1) is 0 Å². The average Bonchev–Trinajstić information content (AvgIpc) is 3.20. The molecule has 1 fully saturated rings. The number of imidazole rings is 1. The number of aromatic nitrogens is 4. The molecule has 0 aliphatic carbocycles. The Bertz CT molecular complexity index is 888. The number of nitrogens with zero attached hydrogens (tertiary/aromatic N) is 4. The van der Waals surface area contributed by atoms with Crippen LogP contribution in [0.3, 0.4) is 0 Å². The Morgan fingerprint density at radius 2 is 2.17 bits per heavy atom. The van der Waals surface area contributed by atoms with Gasteiger partial charge in [-0.05, 0) is 19.8 Å². The summed E-state index contributed by atoms with van der Waals surface area (Å²) in [7, 11) is 2.95. The Kier molecular flexibility index (Phi) is 4.27. The summed E-state index contributed by atoms with van der Waals surface area (Å²) in [6, 6.07) is -0.0954. The van der Waals surface area contributed by atoms with Crippen molar-refractivity contribution in [1.29, 1.82) is 0 Å². The lowest BCUT2D eigenvalue weighted by molar-refractivity contribution is -0.123. The molecular weight excluding hydrogens is 314 g/mol. The summed E-state index contributed by atoms with van der Waals surface area (Å²) in [4.78, 5) is 40.6. The molecule has 3 heterocycles. The van der Waals surface area contributed by atoms with Gasteiger partial charge < -0.3 is 14.6 Å². The predicted octanol–water partition coefficient (Wildman–Crippen LogP) is -0.883. The third-order valence-corrected chi connectivity index (χ3v) is 4.44. The van der Waals surface area contributed by atoms with E-state index in [1.807, 2.05) is 6.92 Å². The first-order valence-corrected chi connectivity index (χ1v) is 7.92. The molecule has 1 N–H and O–H groups in total. The zero-order chi connectivity index (χ0) is 17.4. The van der Waals surface area contributed by atoms with E-state index in [1.54, 1.807) is 7.05 Å². The van der Waals surface area contributed by atoms with E-state index in [2.05, 4.69) is 10.3 Å². The van der Waals surface area contributed by atoms with E-state index in [0.717, 1.165) is 24.0 Å². The van der Waals surface area contributed by atoms with Gasteiger partial charge in [0.25, 0.3) is 5.56 Å². The second-order valence-electron chi connectivity index (χ2n) is 6.16. The van der Waals surface area contributed by atoms with Crippen molar-refractivity contribution in [3.8, 4) is 0 Å². The Morgan fingerprint density at radius 1 is 1.42 bits per heavy atom. The van der Waals surface area contributed by atoms with E-state index >= 15 is 0 Å². The summed E-state index contributed by atoms with van der Waals surface area (Å²) in [5, 5.41) is 2.89. The fraction of sp³-hybridized carbons (Fsp3) is 0.600. The van der Waals surface area contributed by atoms with Crippen LogP contribution in [0.5, 0.6) is 0 Å². The first kappa shape index (κ1) is 16.4. The second kappa shape index (κ2) is 6.23. The molecule has 0 saturated carbocycles. The largest absolute Gasteiger partial charge is 0.376 e. The summed E-state index contributed by atoms with van der Waals surface area (Å²) in [5.74, 6) is -0.229. The fourth-order valence-electron chi connectivity index (χ4n) is 3.06. The van der Waals surface area contributed by atoms with Crippen LogP contribution in [0.1, 0.15) is 19.8 Å². The Labute approximate surface area is 137 Å². The highest BCUT2D eigenvalue weighted by molar-refractivity contribution is 5.79. The molecular formula is C15H21N5O4. The first-order chi connectivity index (χ1) is 11.4. The van der Waals surface area contributed by atoms with Crippen LogP contribution < -0.4 is 16.6 Å². The summed E-state index contributed by atoms with van der Waals surface area (Å²) in [6.45, 7) is 2.59. The summed E-state index contributed by atoms with van der Waals surface area (Å²) in [5.41, 5.74) is -0.414. The molecule has 24 heavy (non-hydrogen) atoms. The van der Waals surface area contributed by atoms with Gasteiger partial charge in [-0.3, -0.25) is 18.7 Å². The van der Waals surface area contributed by atoms with Crippen molar-refractivity contribution in [2.24, 2.45) is 14.1 Å². The summed E-state index contributed by atoms with van der Waals surface area (Å²) < 4.78 is 9.33. The first-order valence-electron chi connectivity index (χ1n) is 7.92. The molecule has 130 valence electrons. The molecule has 3 rings (SSSR count). The van der Waals surface area contributed by atoms with Gasteiger partial charge in [-0.25, -0.2) is 9.78 Å². The van der Waals surface area contributed by atoms with E-state index < -0.39 is 11.2 Å². The van der Waals surface area contributed by atoms with Crippen LogP contribution in [0, 0.1) is 0 Å². The number of fused-ring (bicyclic) bond motifs is 1. The SMILES string of the molecule is C[C@@H](NC(=O)Cn1cnc2c1c(=O)n(C)c(=O)n2C)[C@@H]1CCCO1. The van der Waals surface area contributed by atoms with E-state index in [-0.39, 0.29) is 35.8 Å². The standard InChI is InChI=1S/C15H21N5O4/c1-9(10-5-4-6-24-10)17-11(21)7-20-8-16-13-12(20)14(22)19(3)15(23)18(13)2/h8-10H,4-7H2,1-3H3,(H,17,21)/t9-,10+/m1/s1. The van der Waals surface area contributed by atoms with Crippen molar-refractivity contribution in [1.82, 2.24) is 24.0 Å². The number of nitrogens with one attached hydrogen (secondary N) is 1. The highest BCUT2D eigenvalue weighted by Crippen LogP contribution is 2.15. The molecule has 0 bridgehead atoms. The molecule has 0 aromatic carbocycles. The van der Waals surface area contributed by atoms with Crippen LogP contribution >= 0.6 is 0 Å². The van der Waals surface area contributed by atoms with Crippen LogP contribution in [-0.2, 0) is 30.2 Å². The van der Waals surface area contributed by atoms with Gasteiger partial charge in [0.15, 0.2) is 11.2 Å². The Morgan fingerprint density at radius 3 is 2.83 bits per heavy atom. The summed E-state index contributed by atoms with van der Waals surface area (Å²) >= 11 is 0. The van der Waals surface area contributed by atoms with E-state index in [4.69, 9.17) is 4.74 Å². The lowest BCUT2D eigenvalue weighted by atomic mass is 10.1. The Balaban J connectivity index is 1.84. The number of carbonyl (C=O) groups excluding carboxylic acids is 1. The van der Waals surface area contributed by atoms with Gasteiger partial charge in [0.05, 0.1) is 18.5 Å². The quantitative estimate of drug-likeness (QED) is 0.782. The smallest absolute Gasteiger partial charge is 0.332 e. The van der Waals surface area contributed by atoms with Crippen LogP contribution in [-0.4, -0.2) is 43.3 Å². The number of rotatable bonds is 4. The van der Waals surface area contributed by atoms with Gasteiger partial charge in [-0.1, -0.05) is 0 Å². The average molecular weight is 335 g/mol. The number of carbonyl (C=O) groups is 1. The fourth-order valence-corrected chi connectivity index (χ4v) is 3.06. The number of hydrogen-bond donors (Lipinski definition) is 1. The zero-order valence-corrected chi connectivity index (χ0v) is 14.0. The van der Waals surface area contributed by atoms with Crippen molar-refractivity contribution in [2.45, 2.75) is 38.5 Å². The highest BCUT2D eigenvalue weighted by atomic mass is 16.5. The third-order valence-electron chi connectivity index (χ3n) is 4.44. The van der Waals surface area contributed by atoms with E-state index in [0.29, 0.717) is 0 Å². The van der Waals surface area contributed by atoms with Crippen LogP contribution in [0.25, 0.3) is 11.2 Å². The molecule has 1 amide bonds. The van der Waals surface area contributed by atoms with Crippen molar-refractivity contribution >= 4 is 17.1 Å². The molecule has 2 aromatic heterocycles. The van der Waals surface area contributed by atoms with E-state index in [9.17, 15) is 14.4 Å². The molecule has 0 unspecified atom stereocenters. The molecule has 2 aromatic rings. The number of hydrogen-bond acceptors (Lipinski definition) is 5. The maximum Gasteiger partial charge on any atom is 0.332 e. The van der Waals surface area contributed by atoms with Crippen molar-refractivity contribution in [3.05, 3.63) is 27.2 Å². The number of aryl methyl sites for hydroxylation is 1. The molecule has 1 aliphatic heterocycles. The topological polar surface area (TPSA) is 100 Å². The second-order valence-corrected chi connectivity index (χ2v) is 6.16. The predicted molar refractivity (Wildman–Crippen MR) is 86.8 cm³/mol. The van der Waals surface area contributed by atoms with Crippen molar-refractivity contribution in [3.63, 3.8) is 0 Å². The van der Waals surface area contributed by atoms with Crippen LogP contribution in [0.4, 0.5) is 0 Å². The van der Waals surface area contributed by atoms with E-state index in [1.165, 1.54) is 22.5 Å². The molecule has 2 atom stereocenters. The third kappa shape index (κ3) is 2.75. The lowest BCUT2D eigenvalue weighted by Crippen LogP contribution is -2.42. The van der Waals surface area contributed by atoms with Crippen molar-refractivity contribution in [2.75, 3.05) is 6.61 Å². The number of amides is 1. The minimum absolute atomic E-state index is 0.0298. The van der Waals surface area contributed by atoms with Gasteiger partial charge >= 0.3 is 5.69 Å². The number of ether oxygens (including phenoxy) is 1. The van der Waals surface area contributed by atoms with Gasteiger partial charge in [0, 0.05) is 20.7 Å². The Hall–Kier alpha value is -2.42. The maximum atomic E-state index is 12.3. The van der Waals surface area contributed by atoms with Crippen molar-refractivity contribution < 1.29 is 9.53 Å². The van der Waals surface area contributed by atoms with Gasteiger partial charge in [0.2, 0.25) is 5.91 Å². The lowest BCUT2D eigenvalue weighted by Gasteiger charge is -2.20. The summed E-state index contributed by atoms with van der Waals surface area (Å²) in [6.07, 6.45) is 3.36. The molecule has 0 spiro atoms. The van der Waals surface area contributed by atoms with Crippen LogP contribution in [0.2, 0.25) is 0 Å². The molecule has 9 nitrogen and oxygen atoms in total. The van der Waals surface area contributed by atoms with Crippen LogP contribution in [0.15, 0.2) is 15.9 Å². The normalized spacial score (nSPS) is 18.9. The van der Waals surface area contributed by atoms with Gasteiger partial charge in [0.1, 0.15) is 6.54 Å². The minimum Gasteiger partial charge on any atom is -0.376 e. The molecule has 1 aliphatic rings. The van der Waals surface area contributed by atoms with Gasteiger partial charge in [-0.2, -0.15) is 0 Å². The minimum atomic E-state index is -0.467. The monoisotopic (exact) mass is 335 g/mol. The molecule has 1 saturated heterocycles. The highest BCUT2D eigenvalue weighted by Gasteiger charge is 2.24. The zero-order valence-electron chi connectivity index (χ0n) is 14.0. The maximum absolute atomic E-state index is 12.3. The molecule has 9 heteroatoms.